The summed E-state index contributed by atoms with van der Waals surface area (Å²) in [5, 5.41) is 11.0. The maximum atomic E-state index is 14.0. The zero-order valence-electron chi connectivity index (χ0n) is 20.9. The third-order valence-corrected chi connectivity index (χ3v) is 7.08. The largest absolute Gasteiger partial charge is 0.506 e. The number of aliphatic hydroxyl groups excluding tert-OH is 1. The van der Waals surface area contributed by atoms with E-state index < -0.39 is 11.9 Å². The van der Waals surface area contributed by atoms with Crippen molar-refractivity contribution in [1.29, 1.82) is 0 Å². The van der Waals surface area contributed by atoms with Crippen molar-refractivity contribution in [2.24, 2.45) is 4.99 Å². The average molecular weight is 612 g/mol. The summed E-state index contributed by atoms with van der Waals surface area (Å²) in [7, 11) is 1.47. The molecule has 0 atom stereocenters. The van der Waals surface area contributed by atoms with E-state index >= 15 is 0 Å². The molecular formula is C29H23BrFNO6S. The first-order valence-electron chi connectivity index (χ1n) is 11.7. The Balaban J connectivity index is 1.66. The molecule has 3 aromatic rings. The first kappa shape index (κ1) is 28.1. The molecule has 0 aliphatic carbocycles. The molecule has 0 bridgehead atoms. The Morgan fingerprint density at radius 1 is 1.10 bits per heavy atom. The van der Waals surface area contributed by atoms with Crippen molar-refractivity contribution in [3.8, 4) is 11.5 Å². The Labute approximate surface area is 237 Å². The molecule has 1 amide bonds. The summed E-state index contributed by atoms with van der Waals surface area (Å²) < 4.78 is 31.0. The molecule has 3 aromatic carbocycles. The molecule has 1 heterocycles. The molecule has 0 saturated carbocycles. The number of hydrogen-bond donors (Lipinski definition) is 1. The van der Waals surface area contributed by atoms with E-state index in [1.807, 2.05) is 0 Å². The number of hydrogen-bond acceptors (Lipinski definition) is 7. The molecule has 0 radical (unpaired) electrons. The van der Waals surface area contributed by atoms with E-state index in [2.05, 4.69) is 20.9 Å². The first-order chi connectivity index (χ1) is 18.8. The third-order valence-electron chi connectivity index (χ3n) is 5.47. The van der Waals surface area contributed by atoms with Gasteiger partial charge in [-0.2, -0.15) is 0 Å². The Hall–Kier alpha value is -3.89. The highest BCUT2D eigenvalue weighted by molar-refractivity contribution is 9.10. The number of methoxy groups -OCH3 is 1. The second-order valence-electron chi connectivity index (χ2n) is 8.06. The van der Waals surface area contributed by atoms with Gasteiger partial charge in [-0.3, -0.25) is 4.79 Å². The molecule has 0 unspecified atom stereocenters. The summed E-state index contributed by atoms with van der Waals surface area (Å²) in [5.74, 6) is -1.36. The predicted octanol–water partition coefficient (Wildman–Crippen LogP) is 6.88. The molecule has 1 N–H and O–H groups in total. The van der Waals surface area contributed by atoms with Crippen LogP contribution in [0.15, 0.2) is 92.4 Å². The lowest BCUT2D eigenvalue weighted by Gasteiger charge is -2.14. The number of esters is 1. The zero-order valence-corrected chi connectivity index (χ0v) is 23.3. The van der Waals surface area contributed by atoms with Crippen LogP contribution in [0, 0.1) is 5.82 Å². The number of halogens is 2. The lowest BCUT2D eigenvalue weighted by atomic mass is 10.1. The van der Waals surface area contributed by atoms with Gasteiger partial charge in [0.15, 0.2) is 11.5 Å². The van der Waals surface area contributed by atoms with Crippen molar-refractivity contribution >= 4 is 50.7 Å². The van der Waals surface area contributed by atoms with Crippen LogP contribution in [0.3, 0.4) is 0 Å². The third kappa shape index (κ3) is 6.58. The van der Waals surface area contributed by atoms with Gasteiger partial charge in [0.2, 0.25) is 0 Å². The quantitative estimate of drug-likeness (QED) is 0.277. The van der Waals surface area contributed by atoms with Crippen LogP contribution in [0.2, 0.25) is 0 Å². The van der Waals surface area contributed by atoms with Crippen LogP contribution < -0.4 is 9.47 Å². The average Bonchev–Trinajstić information content (AvgIpc) is 3.23. The van der Waals surface area contributed by atoms with Crippen molar-refractivity contribution < 1.29 is 33.3 Å². The first-order valence-corrected chi connectivity index (χ1v) is 13.4. The molecule has 0 spiro atoms. The summed E-state index contributed by atoms with van der Waals surface area (Å²) in [5.41, 5.74) is 1.13. The fourth-order valence-corrected chi connectivity index (χ4v) is 5.20. The van der Waals surface area contributed by atoms with Crippen LogP contribution in [0.4, 0.5) is 4.39 Å². The second kappa shape index (κ2) is 12.8. The molecule has 0 saturated heterocycles. The molecule has 4 rings (SSSR count). The second-order valence-corrected chi connectivity index (χ2v) is 9.94. The number of ether oxygens (including phenoxy) is 3. The SMILES string of the molecule is CCOC(=O)C1=C(O)C(=Cc2cc(Br)c(OCc3ccccc3F)c(OC)c2)SC1=NC(=O)c1ccccc1. The van der Waals surface area contributed by atoms with Crippen LogP contribution in [-0.4, -0.2) is 35.7 Å². The fraction of sp³-hybridized carbons (Fsp3) is 0.138. The Kier molecular flexibility index (Phi) is 9.21. The molecule has 0 aromatic heterocycles. The molecule has 7 nitrogen and oxygen atoms in total. The van der Waals surface area contributed by atoms with Gasteiger partial charge >= 0.3 is 5.97 Å². The van der Waals surface area contributed by atoms with Gasteiger partial charge in [-0.25, -0.2) is 14.2 Å². The molecule has 39 heavy (non-hydrogen) atoms. The van der Waals surface area contributed by atoms with Crippen molar-refractivity contribution in [3.63, 3.8) is 0 Å². The molecule has 1 aliphatic rings. The molecular weight excluding hydrogens is 589 g/mol. The van der Waals surface area contributed by atoms with Crippen LogP contribution in [0.25, 0.3) is 6.08 Å². The number of nitrogens with zero attached hydrogens (tertiary/aromatic N) is 1. The standard InChI is InChI=1S/C29H23BrFNO6S/c1-3-37-29(35)24-25(33)23(39-28(24)32-27(34)18-9-5-4-6-10-18)15-17-13-20(30)26(22(14-17)36-2)38-16-19-11-7-8-12-21(19)31/h4-15,33H,3,16H2,1-2H3. The molecule has 10 heteroatoms. The smallest absolute Gasteiger partial charge is 0.344 e. The highest BCUT2D eigenvalue weighted by atomic mass is 79.9. The monoisotopic (exact) mass is 611 g/mol. The van der Waals surface area contributed by atoms with E-state index in [-0.39, 0.29) is 40.3 Å². The van der Waals surface area contributed by atoms with Gasteiger partial charge in [0.05, 0.1) is 23.1 Å². The van der Waals surface area contributed by atoms with Crippen LogP contribution >= 0.6 is 27.7 Å². The van der Waals surface area contributed by atoms with E-state index in [0.29, 0.717) is 32.7 Å². The van der Waals surface area contributed by atoms with Crippen molar-refractivity contribution in [1.82, 2.24) is 0 Å². The van der Waals surface area contributed by atoms with E-state index in [9.17, 15) is 19.1 Å². The fourth-order valence-electron chi connectivity index (χ4n) is 3.61. The highest BCUT2D eigenvalue weighted by Crippen LogP contribution is 2.42. The van der Waals surface area contributed by atoms with Crippen LogP contribution in [-0.2, 0) is 16.1 Å². The number of carbonyl (C=O) groups is 2. The van der Waals surface area contributed by atoms with E-state index in [4.69, 9.17) is 14.2 Å². The minimum absolute atomic E-state index is 0.0143. The number of aliphatic imine (C=N–C) groups is 1. The summed E-state index contributed by atoms with van der Waals surface area (Å²) in [6, 6.07) is 18.1. The number of thioether (sulfide) groups is 1. The summed E-state index contributed by atoms with van der Waals surface area (Å²) in [6.45, 7) is 1.71. The number of amides is 1. The van der Waals surface area contributed by atoms with Gasteiger partial charge in [0.25, 0.3) is 5.91 Å². The Bertz CT molecular complexity index is 1500. The minimum atomic E-state index is -0.791. The number of benzene rings is 3. The normalized spacial score (nSPS) is 15.1. The highest BCUT2D eigenvalue weighted by Gasteiger charge is 2.34. The van der Waals surface area contributed by atoms with Gasteiger partial charge in [-0.1, -0.05) is 48.2 Å². The van der Waals surface area contributed by atoms with Gasteiger partial charge in [0, 0.05) is 11.1 Å². The predicted molar refractivity (Wildman–Crippen MR) is 151 cm³/mol. The van der Waals surface area contributed by atoms with Crippen molar-refractivity contribution in [2.75, 3.05) is 13.7 Å². The number of aliphatic hydroxyl groups is 1. The topological polar surface area (TPSA) is 94.4 Å². The summed E-state index contributed by atoms with van der Waals surface area (Å²) in [6.07, 6.45) is 1.61. The van der Waals surface area contributed by atoms with Crippen LogP contribution in [0.5, 0.6) is 11.5 Å². The van der Waals surface area contributed by atoms with Gasteiger partial charge < -0.3 is 19.3 Å². The van der Waals surface area contributed by atoms with Gasteiger partial charge in [0.1, 0.15) is 28.8 Å². The molecule has 0 fully saturated rings. The van der Waals surface area contributed by atoms with Crippen LogP contribution in [0.1, 0.15) is 28.4 Å². The lowest BCUT2D eigenvalue weighted by molar-refractivity contribution is -0.138. The zero-order chi connectivity index (χ0) is 27.9. The summed E-state index contributed by atoms with van der Waals surface area (Å²) in [4.78, 5) is 29.7. The van der Waals surface area contributed by atoms with E-state index in [1.54, 1.807) is 73.7 Å². The summed E-state index contributed by atoms with van der Waals surface area (Å²) >= 11 is 4.44. The van der Waals surface area contributed by atoms with Crippen molar-refractivity contribution in [3.05, 3.63) is 110 Å². The Morgan fingerprint density at radius 3 is 2.51 bits per heavy atom. The van der Waals surface area contributed by atoms with E-state index in [0.717, 1.165) is 11.8 Å². The van der Waals surface area contributed by atoms with Gasteiger partial charge in [-0.15, -0.1) is 0 Å². The number of rotatable bonds is 8. The minimum Gasteiger partial charge on any atom is -0.506 e. The van der Waals surface area contributed by atoms with Crippen molar-refractivity contribution in [2.45, 2.75) is 13.5 Å². The lowest BCUT2D eigenvalue weighted by Crippen LogP contribution is -2.14. The number of carbonyl (C=O) groups excluding carboxylic acids is 2. The maximum Gasteiger partial charge on any atom is 0.344 e. The Morgan fingerprint density at radius 2 is 1.82 bits per heavy atom. The van der Waals surface area contributed by atoms with Gasteiger partial charge in [-0.05, 0) is 64.8 Å². The maximum absolute atomic E-state index is 14.0. The molecule has 200 valence electrons. The molecule has 1 aliphatic heterocycles. The van der Waals surface area contributed by atoms with E-state index in [1.165, 1.54) is 13.2 Å².